The number of ether oxygens (including phenoxy) is 1. The molecule has 0 radical (unpaired) electrons. The van der Waals surface area contributed by atoms with Crippen molar-refractivity contribution in [2.75, 3.05) is 11.9 Å². The summed E-state index contributed by atoms with van der Waals surface area (Å²) >= 11 is 0. The van der Waals surface area contributed by atoms with Crippen molar-refractivity contribution < 1.29 is 18.7 Å². The van der Waals surface area contributed by atoms with Crippen LogP contribution < -0.4 is 16.4 Å². The van der Waals surface area contributed by atoms with Gasteiger partial charge in [0.1, 0.15) is 11.9 Å². The van der Waals surface area contributed by atoms with Crippen molar-refractivity contribution >= 4 is 29.9 Å². The molecule has 0 saturated carbocycles. The number of hydrogen-bond acceptors (Lipinski definition) is 4. The van der Waals surface area contributed by atoms with Gasteiger partial charge in [-0.1, -0.05) is 18.2 Å². The summed E-state index contributed by atoms with van der Waals surface area (Å²) in [5.74, 6) is -1.03. The number of hydrogen-bond donors (Lipinski definition) is 3. The molecule has 1 saturated heterocycles. The lowest BCUT2D eigenvalue weighted by atomic mass is 10.1. The van der Waals surface area contributed by atoms with Gasteiger partial charge in [0.15, 0.2) is 0 Å². The Labute approximate surface area is 169 Å². The van der Waals surface area contributed by atoms with E-state index < -0.39 is 17.8 Å². The van der Waals surface area contributed by atoms with E-state index in [1.807, 2.05) is 6.07 Å². The van der Waals surface area contributed by atoms with E-state index in [2.05, 4.69) is 10.6 Å². The Morgan fingerprint density at radius 1 is 1.14 bits per heavy atom. The maximum Gasteiger partial charge on any atom is 0.255 e. The predicted molar refractivity (Wildman–Crippen MR) is 107 cm³/mol. The number of anilines is 1. The van der Waals surface area contributed by atoms with E-state index in [-0.39, 0.29) is 30.0 Å². The minimum atomic E-state index is -0.467. The van der Waals surface area contributed by atoms with E-state index in [0.29, 0.717) is 25.2 Å². The Hall–Kier alpha value is -2.48. The van der Waals surface area contributed by atoms with Crippen molar-refractivity contribution in [2.24, 2.45) is 5.73 Å². The number of amides is 2. The molecule has 2 amide bonds. The second-order valence-electron chi connectivity index (χ2n) is 6.44. The van der Waals surface area contributed by atoms with Gasteiger partial charge in [-0.25, -0.2) is 4.39 Å². The number of nitrogens with two attached hydrogens (primary N) is 1. The van der Waals surface area contributed by atoms with Crippen molar-refractivity contribution in [1.82, 2.24) is 5.32 Å². The second kappa shape index (κ2) is 10.2. The molecule has 0 bridgehead atoms. The number of nitrogens with one attached hydrogen (secondary N) is 2. The zero-order chi connectivity index (χ0) is 19.2. The Balaban J connectivity index is 0.00000280. The molecule has 0 aromatic heterocycles. The van der Waals surface area contributed by atoms with Gasteiger partial charge in [0.25, 0.3) is 5.91 Å². The van der Waals surface area contributed by atoms with Gasteiger partial charge >= 0.3 is 0 Å². The Morgan fingerprint density at radius 2 is 1.93 bits per heavy atom. The molecule has 2 atom stereocenters. The van der Waals surface area contributed by atoms with Gasteiger partial charge < -0.3 is 21.1 Å². The fraction of sp³-hybridized carbons (Fsp3) is 0.300. The minimum absolute atomic E-state index is 0. The lowest BCUT2D eigenvalue weighted by molar-refractivity contribution is -0.132. The summed E-state index contributed by atoms with van der Waals surface area (Å²) in [5.41, 5.74) is 7.19. The Morgan fingerprint density at radius 3 is 2.64 bits per heavy atom. The van der Waals surface area contributed by atoms with Gasteiger partial charge in [-0.2, -0.15) is 0 Å². The lowest BCUT2D eigenvalue weighted by Gasteiger charge is -2.13. The smallest absolute Gasteiger partial charge is 0.255 e. The molecule has 0 unspecified atom stereocenters. The maximum absolute atomic E-state index is 13.2. The first-order valence-electron chi connectivity index (χ1n) is 8.84. The molecule has 2 aromatic carbocycles. The van der Waals surface area contributed by atoms with Crippen LogP contribution in [0.1, 0.15) is 28.8 Å². The van der Waals surface area contributed by atoms with Crippen LogP contribution in [0.5, 0.6) is 0 Å². The first-order chi connectivity index (χ1) is 13.0. The van der Waals surface area contributed by atoms with Crippen LogP contribution >= 0.6 is 12.4 Å². The highest BCUT2D eigenvalue weighted by molar-refractivity contribution is 6.04. The monoisotopic (exact) mass is 407 g/mol. The molecule has 0 spiro atoms. The van der Waals surface area contributed by atoms with Crippen LogP contribution in [0.4, 0.5) is 10.1 Å². The summed E-state index contributed by atoms with van der Waals surface area (Å²) in [6, 6.07) is 12.6. The molecule has 4 N–H and O–H groups in total. The zero-order valence-corrected chi connectivity index (χ0v) is 16.0. The topological polar surface area (TPSA) is 93.5 Å². The molecule has 28 heavy (non-hydrogen) atoms. The minimum Gasteiger partial charge on any atom is -0.364 e. The highest BCUT2D eigenvalue weighted by Crippen LogP contribution is 2.19. The largest absolute Gasteiger partial charge is 0.364 e. The van der Waals surface area contributed by atoms with Crippen molar-refractivity contribution in [3.05, 3.63) is 65.5 Å². The molecule has 8 heteroatoms. The van der Waals surface area contributed by atoms with Crippen LogP contribution in [-0.2, 0) is 16.1 Å². The molecule has 1 aliphatic heterocycles. The van der Waals surface area contributed by atoms with Crippen molar-refractivity contribution in [2.45, 2.75) is 31.6 Å². The zero-order valence-electron chi connectivity index (χ0n) is 15.2. The summed E-state index contributed by atoms with van der Waals surface area (Å²) < 4.78 is 18.8. The summed E-state index contributed by atoms with van der Waals surface area (Å²) in [7, 11) is 0. The van der Waals surface area contributed by atoms with Crippen molar-refractivity contribution in [3.63, 3.8) is 0 Å². The number of halogens is 2. The summed E-state index contributed by atoms with van der Waals surface area (Å²) in [6.07, 6.45) is 0.935. The Bertz CT molecular complexity index is 834. The average molecular weight is 408 g/mol. The van der Waals surface area contributed by atoms with E-state index in [9.17, 15) is 14.0 Å². The van der Waals surface area contributed by atoms with E-state index in [4.69, 9.17) is 10.5 Å². The SMILES string of the molecule is Cl.NC[C@H]1CC[C@@H](C(=O)NCc2cccc(NC(=O)c3cccc(F)c3)c2)O1. The van der Waals surface area contributed by atoms with E-state index in [1.165, 1.54) is 18.2 Å². The molecule has 1 heterocycles. The second-order valence-corrected chi connectivity index (χ2v) is 6.44. The van der Waals surface area contributed by atoms with Gasteiger partial charge in [0.05, 0.1) is 6.10 Å². The molecular formula is C20H23ClFN3O3. The molecule has 0 aliphatic carbocycles. The third kappa shape index (κ3) is 5.76. The molecule has 6 nitrogen and oxygen atoms in total. The molecular weight excluding hydrogens is 385 g/mol. The first-order valence-corrected chi connectivity index (χ1v) is 8.84. The van der Waals surface area contributed by atoms with Crippen LogP contribution in [0.15, 0.2) is 48.5 Å². The molecule has 150 valence electrons. The van der Waals surface area contributed by atoms with Gasteiger partial charge in [-0.05, 0) is 48.7 Å². The normalized spacial score (nSPS) is 18.2. The predicted octanol–water partition coefficient (Wildman–Crippen LogP) is 2.62. The van der Waals surface area contributed by atoms with Crippen molar-refractivity contribution in [3.8, 4) is 0 Å². The van der Waals surface area contributed by atoms with Gasteiger partial charge in [-0.3, -0.25) is 9.59 Å². The Kier molecular flexibility index (Phi) is 7.92. The molecule has 3 rings (SSSR count). The summed E-state index contributed by atoms with van der Waals surface area (Å²) in [6.45, 7) is 0.729. The highest BCUT2D eigenvalue weighted by atomic mass is 35.5. The third-order valence-corrected chi connectivity index (χ3v) is 4.40. The molecule has 1 aliphatic rings. The number of rotatable bonds is 6. The summed E-state index contributed by atoms with van der Waals surface area (Å²) in [4.78, 5) is 24.4. The van der Waals surface area contributed by atoms with E-state index in [0.717, 1.165) is 12.0 Å². The quantitative estimate of drug-likeness (QED) is 0.686. The number of carbonyl (C=O) groups is 2. The van der Waals surface area contributed by atoms with Gasteiger partial charge in [0, 0.05) is 24.3 Å². The lowest BCUT2D eigenvalue weighted by Crippen LogP contribution is -2.35. The van der Waals surface area contributed by atoms with Crippen LogP contribution in [0, 0.1) is 5.82 Å². The van der Waals surface area contributed by atoms with Gasteiger partial charge in [-0.15, -0.1) is 12.4 Å². The van der Waals surface area contributed by atoms with Gasteiger partial charge in [0.2, 0.25) is 5.91 Å². The third-order valence-electron chi connectivity index (χ3n) is 4.40. The number of carbonyl (C=O) groups excluding carboxylic acids is 2. The fourth-order valence-electron chi connectivity index (χ4n) is 2.97. The van der Waals surface area contributed by atoms with Crippen LogP contribution in [0.3, 0.4) is 0 Å². The number of benzene rings is 2. The average Bonchev–Trinajstić information content (AvgIpc) is 3.16. The van der Waals surface area contributed by atoms with E-state index in [1.54, 1.807) is 24.3 Å². The highest BCUT2D eigenvalue weighted by Gasteiger charge is 2.29. The van der Waals surface area contributed by atoms with Crippen LogP contribution in [0.2, 0.25) is 0 Å². The van der Waals surface area contributed by atoms with E-state index >= 15 is 0 Å². The standard InChI is InChI=1S/C20H22FN3O3.ClH/c21-15-5-2-4-14(10-15)19(25)24-16-6-1-3-13(9-16)12-23-20(26)18-8-7-17(11-22)27-18;/h1-6,9-10,17-18H,7-8,11-12,22H2,(H,23,26)(H,24,25);1H/t17-,18+;/m1./s1. The fourth-order valence-corrected chi connectivity index (χ4v) is 2.97. The van der Waals surface area contributed by atoms with Crippen LogP contribution in [-0.4, -0.2) is 30.6 Å². The maximum atomic E-state index is 13.2. The molecule has 2 aromatic rings. The summed E-state index contributed by atoms with van der Waals surface area (Å²) in [5, 5.41) is 5.56. The first kappa shape index (κ1) is 21.8. The van der Waals surface area contributed by atoms with Crippen molar-refractivity contribution in [1.29, 1.82) is 0 Å². The van der Waals surface area contributed by atoms with Crippen LogP contribution in [0.25, 0.3) is 0 Å². The molecule has 1 fully saturated rings.